The predicted molar refractivity (Wildman–Crippen MR) is 84.3 cm³/mol. The lowest BCUT2D eigenvalue weighted by molar-refractivity contribution is 0.467. The smallest absolute Gasteiger partial charge is 0.267 e. The van der Waals surface area contributed by atoms with Crippen LogP contribution >= 0.6 is 15.9 Å². The molecule has 0 amide bonds. The van der Waals surface area contributed by atoms with Crippen LogP contribution < -0.4 is 0 Å². The van der Waals surface area contributed by atoms with Crippen molar-refractivity contribution in [3.05, 3.63) is 34.0 Å². The molecule has 0 fully saturated rings. The summed E-state index contributed by atoms with van der Waals surface area (Å²) in [5.74, 6) is 1.08. The van der Waals surface area contributed by atoms with Crippen LogP contribution in [-0.4, -0.2) is 29.8 Å². The van der Waals surface area contributed by atoms with Crippen LogP contribution in [0.3, 0.4) is 0 Å². The second kappa shape index (κ2) is 6.04. The molecule has 0 aromatic carbocycles. The first-order valence-electron chi connectivity index (χ1n) is 7.13. The van der Waals surface area contributed by atoms with E-state index in [-0.39, 0.29) is 0 Å². The molecule has 3 aromatic rings. The van der Waals surface area contributed by atoms with Crippen molar-refractivity contribution in [3.8, 4) is 11.6 Å². The van der Waals surface area contributed by atoms with E-state index >= 15 is 0 Å². The lowest BCUT2D eigenvalue weighted by atomic mass is 10.4. The van der Waals surface area contributed by atoms with E-state index in [0.717, 1.165) is 34.6 Å². The summed E-state index contributed by atoms with van der Waals surface area (Å²) in [6.45, 7) is 7.50. The van der Waals surface area contributed by atoms with E-state index in [9.17, 15) is 0 Å². The molecule has 3 aromatic heterocycles. The molecule has 0 spiro atoms. The van der Waals surface area contributed by atoms with Gasteiger partial charge in [-0.15, -0.1) is 10.2 Å². The van der Waals surface area contributed by atoms with Gasteiger partial charge in [-0.05, 0) is 42.8 Å². The highest BCUT2D eigenvalue weighted by molar-refractivity contribution is 9.10. The molecule has 0 saturated carbocycles. The average Bonchev–Trinajstić information content (AvgIpc) is 3.16. The van der Waals surface area contributed by atoms with Gasteiger partial charge in [-0.2, -0.15) is 10.2 Å². The third kappa shape index (κ3) is 2.83. The van der Waals surface area contributed by atoms with E-state index < -0.39 is 0 Å². The van der Waals surface area contributed by atoms with Crippen LogP contribution in [0.15, 0.2) is 21.2 Å². The minimum Gasteiger partial charge on any atom is -0.419 e. The van der Waals surface area contributed by atoms with Gasteiger partial charge < -0.3 is 4.42 Å². The number of hydrogen-bond donors (Lipinski definition) is 0. The van der Waals surface area contributed by atoms with Gasteiger partial charge in [0.2, 0.25) is 5.89 Å². The van der Waals surface area contributed by atoms with Crippen molar-refractivity contribution in [2.75, 3.05) is 0 Å². The van der Waals surface area contributed by atoms with Gasteiger partial charge in [-0.1, -0.05) is 0 Å². The van der Waals surface area contributed by atoms with Crippen LogP contribution in [0.2, 0.25) is 0 Å². The minimum atomic E-state index is 0.481. The molecule has 0 aliphatic carbocycles. The van der Waals surface area contributed by atoms with Crippen LogP contribution in [0.25, 0.3) is 11.6 Å². The Kier molecular flexibility index (Phi) is 4.10. The highest BCUT2D eigenvalue weighted by Gasteiger charge is 2.17. The fourth-order valence-electron chi connectivity index (χ4n) is 2.37. The number of rotatable bonds is 5. The van der Waals surface area contributed by atoms with Gasteiger partial charge in [0.1, 0.15) is 5.69 Å². The van der Waals surface area contributed by atoms with E-state index in [4.69, 9.17) is 4.42 Å². The van der Waals surface area contributed by atoms with E-state index in [1.165, 1.54) is 0 Å². The van der Waals surface area contributed by atoms with Crippen LogP contribution in [0.5, 0.6) is 0 Å². The van der Waals surface area contributed by atoms with Gasteiger partial charge in [-0.3, -0.25) is 9.36 Å². The van der Waals surface area contributed by atoms with Crippen molar-refractivity contribution >= 4 is 15.9 Å². The summed E-state index contributed by atoms with van der Waals surface area (Å²) in [6, 6.07) is 2.05. The third-order valence-electron chi connectivity index (χ3n) is 3.40. The normalized spacial score (nSPS) is 11.3. The molecule has 0 N–H and O–H groups in total. The van der Waals surface area contributed by atoms with Crippen LogP contribution in [0, 0.1) is 13.8 Å². The Morgan fingerprint density at radius 3 is 2.73 bits per heavy atom. The summed E-state index contributed by atoms with van der Waals surface area (Å²) >= 11 is 3.47. The largest absolute Gasteiger partial charge is 0.419 e. The zero-order valence-corrected chi connectivity index (χ0v) is 14.3. The second-order valence-corrected chi connectivity index (χ2v) is 5.91. The molecule has 3 rings (SSSR count). The maximum Gasteiger partial charge on any atom is 0.267 e. The molecule has 0 bridgehead atoms. The number of hydrogen-bond acceptors (Lipinski definition) is 5. The molecule has 3 heterocycles. The lowest BCUT2D eigenvalue weighted by Crippen LogP contribution is -2.05. The molecule has 22 heavy (non-hydrogen) atoms. The van der Waals surface area contributed by atoms with Crippen LogP contribution in [-0.2, 0) is 19.5 Å². The summed E-state index contributed by atoms with van der Waals surface area (Å²) < 4.78 is 10.4. The van der Waals surface area contributed by atoms with E-state index in [0.29, 0.717) is 18.2 Å². The quantitative estimate of drug-likeness (QED) is 0.695. The monoisotopic (exact) mass is 364 g/mol. The Labute approximate surface area is 136 Å². The van der Waals surface area contributed by atoms with E-state index in [2.05, 4.69) is 42.4 Å². The molecule has 0 radical (unpaired) electrons. The Morgan fingerprint density at radius 1 is 1.23 bits per heavy atom. The Balaban J connectivity index is 1.76. The van der Waals surface area contributed by atoms with E-state index in [1.807, 2.05) is 30.1 Å². The van der Waals surface area contributed by atoms with Crippen molar-refractivity contribution in [2.45, 2.75) is 40.3 Å². The summed E-state index contributed by atoms with van der Waals surface area (Å²) in [6.07, 6.45) is 2.38. The number of aryl methyl sites for hydroxylation is 5. The van der Waals surface area contributed by atoms with Crippen molar-refractivity contribution in [3.63, 3.8) is 0 Å². The average molecular weight is 365 g/mol. The minimum absolute atomic E-state index is 0.481. The standard InChI is InChI=1S/C14H17BrN6O/c1-4-20-13(11(15)8-16-20)14-18-17-12(22-14)5-6-21-10(3)7-9(2)19-21/h7-8H,4-6H2,1-3H3. The molecule has 7 nitrogen and oxygen atoms in total. The summed E-state index contributed by atoms with van der Waals surface area (Å²) in [5.41, 5.74) is 2.95. The molecular formula is C14H17BrN6O. The summed E-state index contributed by atoms with van der Waals surface area (Å²) in [5, 5.41) is 16.9. The molecule has 116 valence electrons. The van der Waals surface area contributed by atoms with Gasteiger partial charge in [0.25, 0.3) is 5.89 Å². The number of nitrogens with zero attached hydrogens (tertiary/aromatic N) is 6. The van der Waals surface area contributed by atoms with Gasteiger partial charge in [0.05, 0.1) is 16.4 Å². The highest BCUT2D eigenvalue weighted by atomic mass is 79.9. The van der Waals surface area contributed by atoms with Gasteiger partial charge in [0, 0.05) is 25.2 Å². The first-order chi connectivity index (χ1) is 10.6. The SMILES string of the molecule is CCn1ncc(Br)c1-c1nnc(CCn2nc(C)cc2C)o1. The Bertz CT molecular complexity index is 787. The van der Waals surface area contributed by atoms with Crippen molar-refractivity contribution < 1.29 is 4.42 Å². The highest BCUT2D eigenvalue weighted by Crippen LogP contribution is 2.27. The molecule has 0 atom stereocenters. The third-order valence-corrected chi connectivity index (χ3v) is 3.98. The molecule has 0 aliphatic rings. The van der Waals surface area contributed by atoms with Gasteiger partial charge >= 0.3 is 0 Å². The summed E-state index contributed by atoms with van der Waals surface area (Å²) in [4.78, 5) is 0. The molecule has 0 aliphatic heterocycles. The molecule has 8 heteroatoms. The first kappa shape index (κ1) is 15.0. The van der Waals surface area contributed by atoms with Gasteiger partial charge in [0.15, 0.2) is 0 Å². The second-order valence-electron chi connectivity index (χ2n) is 5.06. The van der Waals surface area contributed by atoms with Gasteiger partial charge in [-0.25, -0.2) is 0 Å². The predicted octanol–water partition coefficient (Wildman–Crippen LogP) is 2.77. The molecular weight excluding hydrogens is 348 g/mol. The lowest BCUT2D eigenvalue weighted by Gasteiger charge is -2.01. The fraction of sp³-hybridized carbons (Fsp3) is 0.429. The number of halogens is 1. The molecule has 0 saturated heterocycles. The zero-order valence-electron chi connectivity index (χ0n) is 12.7. The van der Waals surface area contributed by atoms with Crippen LogP contribution in [0.4, 0.5) is 0 Å². The first-order valence-corrected chi connectivity index (χ1v) is 7.93. The van der Waals surface area contributed by atoms with Crippen molar-refractivity contribution in [1.82, 2.24) is 29.8 Å². The topological polar surface area (TPSA) is 74.6 Å². The van der Waals surface area contributed by atoms with Crippen LogP contribution in [0.1, 0.15) is 24.2 Å². The van der Waals surface area contributed by atoms with Crippen molar-refractivity contribution in [1.29, 1.82) is 0 Å². The fourth-order valence-corrected chi connectivity index (χ4v) is 2.83. The summed E-state index contributed by atoms with van der Waals surface area (Å²) in [7, 11) is 0. The maximum absolute atomic E-state index is 5.77. The Hall–Kier alpha value is -1.96. The van der Waals surface area contributed by atoms with E-state index in [1.54, 1.807) is 6.20 Å². The zero-order chi connectivity index (χ0) is 15.7. The molecule has 0 unspecified atom stereocenters. The Morgan fingerprint density at radius 2 is 2.05 bits per heavy atom. The maximum atomic E-state index is 5.77. The van der Waals surface area contributed by atoms with Crippen molar-refractivity contribution in [2.24, 2.45) is 0 Å². The number of aromatic nitrogens is 6.